The van der Waals surface area contributed by atoms with Gasteiger partial charge in [0.15, 0.2) is 0 Å². The van der Waals surface area contributed by atoms with Crippen LogP contribution in [0.25, 0.3) is 0 Å². The molecule has 0 aromatic heterocycles. The summed E-state index contributed by atoms with van der Waals surface area (Å²) in [5.74, 6) is 1.22. The van der Waals surface area contributed by atoms with Crippen molar-refractivity contribution < 1.29 is 9.53 Å². The third kappa shape index (κ3) is 3.19. The van der Waals surface area contributed by atoms with Crippen molar-refractivity contribution in [3.8, 4) is 11.5 Å². The van der Waals surface area contributed by atoms with Gasteiger partial charge in [0.05, 0.1) is 16.4 Å². The molecule has 1 aliphatic heterocycles. The summed E-state index contributed by atoms with van der Waals surface area (Å²) >= 11 is 6.12. The zero-order chi connectivity index (χ0) is 18.1. The molecule has 5 heteroatoms. The number of carbonyl (C=O) groups excluding carboxylic acids is 1. The van der Waals surface area contributed by atoms with E-state index in [2.05, 4.69) is 10.3 Å². The van der Waals surface area contributed by atoms with Crippen LogP contribution >= 0.6 is 11.6 Å². The number of rotatable bonds is 3. The van der Waals surface area contributed by atoms with E-state index in [4.69, 9.17) is 16.3 Å². The molecule has 0 spiro atoms. The SMILES string of the molecule is Cc1ccc(Oc2ccc(N=C3C(=O)Nc4c(Cl)cccc43)cc2)cc1. The first-order valence-electron chi connectivity index (χ1n) is 8.14. The predicted molar refractivity (Wildman–Crippen MR) is 104 cm³/mol. The number of carbonyl (C=O) groups is 1. The van der Waals surface area contributed by atoms with Crippen LogP contribution in [0.2, 0.25) is 5.02 Å². The summed E-state index contributed by atoms with van der Waals surface area (Å²) in [6, 6.07) is 20.5. The van der Waals surface area contributed by atoms with Gasteiger partial charge in [0.1, 0.15) is 17.2 Å². The van der Waals surface area contributed by atoms with E-state index in [9.17, 15) is 4.79 Å². The number of amides is 1. The Morgan fingerprint density at radius 3 is 2.27 bits per heavy atom. The number of aliphatic imine (C=N–C) groups is 1. The van der Waals surface area contributed by atoms with Gasteiger partial charge < -0.3 is 10.1 Å². The van der Waals surface area contributed by atoms with Gasteiger partial charge in [0.2, 0.25) is 0 Å². The van der Waals surface area contributed by atoms with Crippen LogP contribution in [-0.2, 0) is 4.79 Å². The molecule has 1 N–H and O–H groups in total. The van der Waals surface area contributed by atoms with Gasteiger partial charge in [0.25, 0.3) is 5.91 Å². The van der Waals surface area contributed by atoms with Crippen LogP contribution in [0.4, 0.5) is 11.4 Å². The van der Waals surface area contributed by atoms with Gasteiger partial charge >= 0.3 is 0 Å². The van der Waals surface area contributed by atoms with E-state index in [-0.39, 0.29) is 5.91 Å². The number of fused-ring (bicyclic) bond motifs is 1. The summed E-state index contributed by atoms with van der Waals surface area (Å²) in [5, 5.41) is 3.26. The van der Waals surface area contributed by atoms with Gasteiger partial charge in [-0.2, -0.15) is 0 Å². The number of hydrogen-bond acceptors (Lipinski definition) is 3. The number of nitrogens with zero attached hydrogens (tertiary/aromatic N) is 1. The van der Waals surface area contributed by atoms with Crippen molar-refractivity contribution in [2.45, 2.75) is 6.92 Å². The Morgan fingerprint density at radius 1 is 0.923 bits per heavy atom. The monoisotopic (exact) mass is 362 g/mol. The van der Waals surface area contributed by atoms with Gasteiger partial charge in [-0.25, -0.2) is 4.99 Å². The third-order valence-corrected chi connectivity index (χ3v) is 4.37. The average molecular weight is 363 g/mol. The van der Waals surface area contributed by atoms with Gasteiger partial charge in [0, 0.05) is 5.56 Å². The molecule has 26 heavy (non-hydrogen) atoms. The molecule has 0 bridgehead atoms. The number of halogens is 1. The molecule has 1 aliphatic rings. The summed E-state index contributed by atoms with van der Waals surface area (Å²) in [7, 11) is 0. The van der Waals surface area contributed by atoms with Crippen molar-refractivity contribution in [2.24, 2.45) is 4.99 Å². The maximum absolute atomic E-state index is 12.2. The molecule has 0 saturated heterocycles. The number of hydrogen-bond donors (Lipinski definition) is 1. The molecule has 0 aliphatic carbocycles. The lowest BCUT2D eigenvalue weighted by atomic mass is 10.1. The Labute approximate surface area is 156 Å². The maximum Gasteiger partial charge on any atom is 0.275 e. The molecule has 4 nitrogen and oxygen atoms in total. The van der Waals surface area contributed by atoms with Crippen LogP contribution in [0, 0.1) is 6.92 Å². The second kappa shape index (κ2) is 6.65. The van der Waals surface area contributed by atoms with E-state index < -0.39 is 0 Å². The van der Waals surface area contributed by atoms with E-state index in [0.717, 1.165) is 5.75 Å². The highest BCUT2D eigenvalue weighted by Gasteiger charge is 2.27. The number of benzene rings is 3. The molecule has 0 fully saturated rings. The van der Waals surface area contributed by atoms with Gasteiger partial charge in [-0.3, -0.25) is 4.79 Å². The second-order valence-corrected chi connectivity index (χ2v) is 6.39. The fourth-order valence-corrected chi connectivity index (χ4v) is 2.94. The van der Waals surface area contributed by atoms with Gasteiger partial charge in [-0.15, -0.1) is 0 Å². The minimum atomic E-state index is -0.256. The van der Waals surface area contributed by atoms with Crippen molar-refractivity contribution in [1.29, 1.82) is 0 Å². The first-order valence-corrected chi connectivity index (χ1v) is 8.51. The second-order valence-electron chi connectivity index (χ2n) is 5.99. The van der Waals surface area contributed by atoms with Crippen LogP contribution in [0.1, 0.15) is 11.1 Å². The molecule has 3 aromatic carbocycles. The summed E-state index contributed by atoms with van der Waals surface area (Å²) in [4.78, 5) is 16.7. The minimum absolute atomic E-state index is 0.256. The number of nitrogens with one attached hydrogen (secondary N) is 1. The summed E-state index contributed by atoms with van der Waals surface area (Å²) in [6.07, 6.45) is 0. The normalized spacial score (nSPS) is 14.2. The highest BCUT2D eigenvalue weighted by atomic mass is 35.5. The largest absolute Gasteiger partial charge is 0.457 e. The highest BCUT2D eigenvalue weighted by Crippen LogP contribution is 2.32. The Hall–Kier alpha value is -3.11. The van der Waals surface area contributed by atoms with Crippen LogP contribution in [0.5, 0.6) is 11.5 Å². The summed E-state index contributed by atoms with van der Waals surface area (Å²) in [6.45, 7) is 2.03. The van der Waals surface area contributed by atoms with E-state index >= 15 is 0 Å². The molecule has 4 rings (SSSR count). The smallest absolute Gasteiger partial charge is 0.275 e. The van der Waals surface area contributed by atoms with Crippen molar-refractivity contribution in [2.75, 3.05) is 5.32 Å². The Kier molecular flexibility index (Phi) is 4.19. The summed E-state index contributed by atoms with van der Waals surface area (Å²) in [5.41, 5.74) is 3.52. The Balaban J connectivity index is 1.58. The maximum atomic E-state index is 12.2. The minimum Gasteiger partial charge on any atom is -0.457 e. The van der Waals surface area contributed by atoms with Gasteiger partial charge in [-0.05, 0) is 49.4 Å². The molecule has 0 radical (unpaired) electrons. The number of aryl methyl sites for hydroxylation is 1. The van der Waals surface area contributed by atoms with Crippen molar-refractivity contribution in [3.05, 3.63) is 82.9 Å². The Bertz CT molecular complexity index is 1010. The van der Waals surface area contributed by atoms with Crippen LogP contribution in [-0.4, -0.2) is 11.6 Å². The molecular weight excluding hydrogens is 348 g/mol. The van der Waals surface area contributed by atoms with E-state index in [1.807, 2.05) is 61.5 Å². The van der Waals surface area contributed by atoms with E-state index in [1.165, 1.54) is 5.56 Å². The van der Waals surface area contributed by atoms with Crippen LogP contribution in [0.15, 0.2) is 71.7 Å². The van der Waals surface area contributed by atoms with Crippen LogP contribution in [0.3, 0.4) is 0 Å². The molecule has 128 valence electrons. The first kappa shape index (κ1) is 16.4. The topological polar surface area (TPSA) is 50.7 Å². The lowest BCUT2D eigenvalue weighted by Crippen LogP contribution is -2.13. The zero-order valence-corrected chi connectivity index (χ0v) is 14.7. The molecule has 3 aromatic rings. The zero-order valence-electron chi connectivity index (χ0n) is 14.0. The van der Waals surface area contributed by atoms with Crippen molar-refractivity contribution >= 4 is 34.6 Å². The highest BCUT2D eigenvalue weighted by molar-refractivity contribution is 6.55. The summed E-state index contributed by atoms with van der Waals surface area (Å²) < 4.78 is 5.81. The van der Waals surface area contributed by atoms with E-state index in [0.29, 0.717) is 33.4 Å². The molecule has 1 amide bonds. The Morgan fingerprint density at radius 2 is 1.58 bits per heavy atom. The number of ether oxygens (including phenoxy) is 1. The fraction of sp³-hybridized carbons (Fsp3) is 0.0476. The lowest BCUT2D eigenvalue weighted by Gasteiger charge is -2.06. The molecule has 0 atom stereocenters. The third-order valence-electron chi connectivity index (χ3n) is 4.06. The molecule has 0 unspecified atom stereocenters. The lowest BCUT2D eigenvalue weighted by molar-refractivity contribution is -0.110. The quantitative estimate of drug-likeness (QED) is 0.667. The average Bonchev–Trinajstić information content (AvgIpc) is 2.96. The standard InChI is InChI=1S/C21H15ClN2O2/c1-13-5-9-15(10-6-13)26-16-11-7-14(8-12-16)23-20-17-3-2-4-18(22)19(17)24-21(20)25/h2-12H,1H3,(H,23,24,25). The van der Waals surface area contributed by atoms with E-state index in [1.54, 1.807) is 12.1 Å². The van der Waals surface area contributed by atoms with Crippen molar-refractivity contribution in [3.63, 3.8) is 0 Å². The molecular formula is C21H15ClN2O2. The first-order chi connectivity index (χ1) is 12.6. The van der Waals surface area contributed by atoms with Gasteiger partial charge in [-0.1, -0.05) is 41.4 Å². The predicted octanol–water partition coefficient (Wildman–Crippen LogP) is 5.51. The molecule has 0 saturated carbocycles. The fourth-order valence-electron chi connectivity index (χ4n) is 2.71. The number of anilines is 1. The van der Waals surface area contributed by atoms with Crippen molar-refractivity contribution in [1.82, 2.24) is 0 Å². The molecule has 1 heterocycles. The van der Waals surface area contributed by atoms with Crippen LogP contribution < -0.4 is 10.1 Å². The number of para-hydroxylation sites is 1.